The first-order chi connectivity index (χ1) is 9.77. The Bertz CT molecular complexity index is 655. The molecule has 20 heavy (non-hydrogen) atoms. The molecule has 104 valence electrons. The van der Waals surface area contributed by atoms with Crippen LogP contribution in [0.2, 0.25) is 0 Å². The van der Waals surface area contributed by atoms with Crippen LogP contribution >= 0.6 is 0 Å². The zero-order valence-corrected chi connectivity index (χ0v) is 10.9. The first-order valence-electron chi connectivity index (χ1n) is 6.84. The van der Waals surface area contributed by atoms with Crippen LogP contribution < -0.4 is 0 Å². The van der Waals surface area contributed by atoms with Crippen LogP contribution in [0.3, 0.4) is 0 Å². The molecular weight excluding hydrogens is 259 g/mol. The Balaban J connectivity index is 1.87. The van der Waals surface area contributed by atoms with E-state index in [-0.39, 0.29) is 17.8 Å². The molecule has 1 aromatic carbocycles. The first kappa shape index (κ1) is 12.1. The molecule has 1 unspecified atom stereocenters. The van der Waals surface area contributed by atoms with E-state index < -0.39 is 6.10 Å². The molecule has 2 aliphatic rings. The van der Waals surface area contributed by atoms with Crippen molar-refractivity contribution in [3.63, 3.8) is 0 Å². The molecule has 0 amide bonds. The minimum atomic E-state index is -0.529. The van der Waals surface area contributed by atoms with Gasteiger partial charge < -0.3 is 14.4 Å². The summed E-state index contributed by atoms with van der Waals surface area (Å²) in [5.41, 5.74) is 2.35. The molecule has 1 aromatic heterocycles. The van der Waals surface area contributed by atoms with Crippen LogP contribution in [0.25, 0.3) is 11.3 Å². The van der Waals surface area contributed by atoms with Crippen molar-refractivity contribution < 1.29 is 14.2 Å². The number of imidazole rings is 1. The van der Waals surface area contributed by atoms with E-state index in [9.17, 15) is 9.50 Å². The summed E-state index contributed by atoms with van der Waals surface area (Å²) in [5, 5.41) is 10.2. The second kappa shape index (κ2) is 4.40. The van der Waals surface area contributed by atoms with Crippen molar-refractivity contribution in [2.24, 2.45) is 5.92 Å². The zero-order chi connectivity index (χ0) is 13.7. The molecule has 2 aromatic rings. The van der Waals surface area contributed by atoms with Crippen LogP contribution in [0.5, 0.6) is 0 Å². The molecular formula is C15H15FN2O2. The number of hydrogen-bond acceptors (Lipinski definition) is 3. The summed E-state index contributed by atoms with van der Waals surface area (Å²) in [6, 6.07) is 5.08. The number of fused-ring (bicyclic) bond motifs is 3. The van der Waals surface area contributed by atoms with E-state index in [4.69, 9.17) is 4.74 Å². The van der Waals surface area contributed by atoms with Gasteiger partial charge in [0.25, 0.3) is 0 Å². The standard InChI is InChI=1S/C15H15FN2O2/c16-11-3-1-2-10-14(11)12-6-17-8-18(12)15(10)9-4-5-20-7-13(9)19/h1-3,6,8-9,13,15,19H,4-5,7H2/t9-,13-,15?/m1/s1. The highest BCUT2D eigenvalue weighted by Gasteiger charge is 2.40. The molecule has 3 atom stereocenters. The molecule has 0 spiro atoms. The zero-order valence-electron chi connectivity index (χ0n) is 10.9. The molecule has 1 saturated heterocycles. The average Bonchev–Trinajstić information content (AvgIpc) is 3.00. The van der Waals surface area contributed by atoms with Gasteiger partial charge in [0.1, 0.15) is 5.82 Å². The average molecular weight is 274 g/mol. The third-order valence-corrected chi connectivity index (χ3v) is 4.37. The van der Waals surface area contributed by atoms with Gasteiger partial charge in [-0.15, -0.1) is 0 Å². The number of benzene rings is 1. The fraction of sp³-hybridized carbons (Fsp3) is 0.400. The van der Waals surface area contributed by atoms with Crippen LogP contribution in [-0.4, -0.2) is 34.0 Å². The Kier molecular flexibility index (Phi) is 2.65. The molecule has 5 heteroatoms. The predicted octanol–water partition coefficient (Wildman–Crippen LogP) is 1.99. The molecule has 0 aliphatic carbocycles. The van der Waals surface area contributed by atoms with Crippen molar-refractivity contribution in [2.75, 3.05) is 13.2 Å². The molecule has 1 fully saturated rings. The van der Waals surface area contributed by atoms with Gasteiger partial charge in [-0.1, -0.05) is 12.1 Å². The minimum absolute atomic E-state index is 0.0275. The quantitative estimate of drug-likeness (QED) is 0.865. The number of rotatable bonds is 1. The highest BCUT2D eigenvalue weighted by Crippen LogP contribution is 2.46. The van der Waals surface area contributed by atoms with E-state index in [1.54, 1.807) is 18.6 Å². The number of aliphatic hydroxyl groups excluding tert-OH is 1. The Morgan fingerprint density at radius 2 is 2.30 bits per heavy atom. The van der Waals surface area contributed by atoms with Crippen LogP contribution in [0.1, 0.15) is 18.0 Å². The highest BCUT2D eigenvalue weighted by atomic mass is 19.1. The predicted molar refractivity (Wildman–Crippen MR) is 70.7 cm³/mol. The number of halogens is 1. The number of ether oxygens (including phenoxy) is 1. The van der Waals surface area contributed by atoms with E-state index in [1.807, 2.05) is 10.6 Å². The van der Waals surface area contributed by atoms with E-state index in [0.717, 1.165) is 17.7 Å². The summed E-state index contributed by atoms with van der Waals surface area (Å²) in [5.74, 6) is -0.201. The summed E-state index contributed by atoms with van der Waals surface area (Å²) < 4.78 is 21.4. The lowest BCUT2D eigenvalue weighted by Gasteiger charge is -2.33. The highest BCUT2D eigenvalue weighted by molar-refractivity contribution is 5.69. The summed E-state index contributed by atoms with van der Waals surface area (Å²) in [4.78, 5) is 4.14. The van der Waals surface area contributed by atoms with Crippen LogP contribution in [0.4, 0.5) is 4.39 Å². The van der Waals surface area contributed by atoms with Gasteiger partial charge in [0.2, 0.25) is 0 Å². The van der Waals surface area contributed by atoms with E-state index in [0.29, 0.717) is 18.8 Å². The van der Waals surface area contributed by atoms with Crippen LogP contribution in [0, 0.1) is 11.7 Å². The van der Waals surface area contributed by atoms with Crippen molar-refractivity contribution >= 4 is 0 Å². The third-order valence-electron chi connectivity index (χ3n) is 4.37. The molecule has 2 aliphatic heterocycles. The topological polar surface area (TPSA) is 47.3 Å². The maximum absolute atomic E-state index is 14.2. The first-order valence-corrected chi connectivity index (χ1v) is 6.84. The van der Waals surface area contributed by atoms with E-state index in [1.165, 1.54) is 6.07 Å². The van der Waals surface area contributed by atoms with Crippen molar-refractivity contribution in [2.45, 2.75) is 18.6 Å². The normalized spacial score (nSPS) is 28.2. The SMILES string of the molecule is O[C@@H]1COCC[C@H]1C1c2cccc(F)c2-c2cncn21. The van der Waals surface area contributed by atoms with Gasteiger partial charge in [-0.25, -0.2) is 9.37 Å². The lowest BCUT2D eigenvalue weighted by atomic mass is 9.85. The van der Waals surface area contributed by atoms with Gasteiger partial charge in [0.15, 0.2) is 0 Å². The van der Waals surface area contributed by atoms with Crippen molar-refractivity contribution in [3.8, 4) is 11.3 Å². The van der Waals surface area contributed by atoms with Gasteiger partial charge >= 0.3 is 0 Å². The fourth-order valence-electron chi connectivity index (χ4n) is 3.47. The third kappa shape index (κ3) is 1.57. The number of nitrogens with zero attached hydrogens (tertiary/aromatic N) is 2. The Morgan fingerprint density at radius 3 is 3.15 bits per heavy atom. The van der Waals surface area contributed by atoms with Gasteiger partial charge in [-0.05, 0) is 18.1 Å². The van der Waals surface area contributed by atoms with Crippen LogP contribution in [0.15, 0.2) is 30.7 Å². The maximum Gasteiger partial charge on any atom is 0.132 e. The van der Waals surface area contributed by atoms with Crippen molar-refractivity contribution in [3.05, 3.63) is 42.1 Å². The minimum Gasteiger partial charge on any atom is -0.390 e. The van der Waals surface area contributed by atoms with E-state index in [2.05, 4.69) is 4.98 Å². The molecule has 1 N–H and O–H groups in total. The lowest BCUT2D eigenvalue weighted by molar-refractivity contribution is -0.0540. The summed E-state index contributed by atoms with van der Waals surface area (Å²) in [7, 11) is 0. The maximum atomic E-state index is 14.2. The molecule has 4 nitrogen and oxygen atoms in total. The van der Waals surface area contributed by atoms with E-state index >= 15 is 0 Å². The van der Waals surface area contributed by atoms with Gasteiger partial charge in [-0.2, -0.15) is 0 Å². The summed E-state index contributed by atoms with van der Waals surface area (Å²) in [6.45, 7) is 0.975. The number of aromatic nitrogens is 2. The molecule has 0 radical (unpaired) electrons. The molecule has 4 rings (SSSR count). The molecule has 0 saturated carbocycles. The molecule has 3 heterocycles. The lowest BCUT2D eigenvalue weighted by Crippen LogP contribution is -2.37. The Hall–Kier alpha value is -1.72. The summed E-state index contributed by atoms with van der Waals surface area (Å²) >= 11 is 0. The van der Waals surface area contributed by atoms with Gasteiger partial charge in [-0.3, -0.25) is 0 Å². The van der Waals surface area contributed by atoms with Crippen molar-refractivity contribution in [1.82, 2.24) is 9.55 Å². The summed E-state index contributed by atoms with van der Waals surface area (Å²) in [6.07, 6.45) is 3.65. The molecule has 0 bridgehead atoms. The fourth-order valence-corrected chi connectivity index (χ4v) is 3.47. The monoisotopic (exact) mass is 274 g/mol. The number of hydrogen-bond donors (Lipinski definition) is 1. The van der Waals surface area contributed by atoms with Gasteiger partial charge in [0, 0.05) is 18.1 Å². The smallest absolute Gasteiger partial charge is 0.132 e. The Morgan fingerprint density at radius 1 is 1.40 bits per heavy atom. The van der Waals surface area contributed by atoms with Crippen LogP contribution in [-0.2, 0) is 4.74 Å². The number of aliphatic hydroxyl groups is 1. The second-order valence-corrected chi connectivity index (χ2v) is 5.43. The Labute approximate surface area is 115 Å². The largest absolute Gasteiger partial charge is 0.390 e. The van der Waals surface area contributed by atoms with Crippen molar-refractivity contribution in [1.29, 1.82) is 0 Å². The second-order valence-electron chi connectivity index (χ2n) is 5.43. The van der Waals surface area contributed by atoms with Gasteiger partial charge in [0.05, 0.1) is 37.0 Å².